The van der Waals surface area contributed by atoms with Crippen molar-refractivity contribution in [3.8, 4) is 0 Å². The maximum Gasteiger partial charge on any atom is 1.00 e. The molecule has 0 amide bonds. The predicted octanol–water partition coefficient (Wildman–Crippen LogP) is -7.09. The van der Waals surface area contributed by atoms with Crippen molar-refractivity contribution < 1.29 is 130 Å². The SMILES string of the molecule is O=C(O)C(=O)O.O=C(O)C(=O)O.O=C(O)C(=O)O.O=P([O-])(O)O.[K+]. The van der Waals surface area contributed by atoms with Crippen LogP contribution in [0.1, 0.15) is 0 Å². The molecule has 134 valence electrons. The van der Waals surface area contributed by atoms with Crippen molar-refractivity contribution in [1.82, 2.24) is 0 Å². The van der Waals surface area contributed by atoms with Crippen molar-refractivity contribution in [3.63, 3.8) is 0 Å². The molecule has 0 bridgehead atoms. The van der Waals surface area contributed by atoms with E-state index in [9.17, 15) is 0 Å². The topological polar surface area (TPSA) is 304 Å². The molecule has 8 N–H and O–H groups in total. The normalized spacial score (nSPS) is 7.96. The molecule has 0 heterocycles. The Balaban J connectivity index is -0.0000000661. The summed E-state index contributed by atoms with van der Waals surface area (Å²) in [6, 6.07) is 0. The van der Waals surface area contributed by atoms with E-state index in [0.717, 1.165) is 0 Å². The Morgan fingerprint density at radius 1 is 0.542 bits per heavy atom. The van der Waals surface area contributed by atoms with Crippen molar-refractivity contribution >= 4 is 43.6 Å². The summed E-state index contributed by atoms with van der Waals surface area (Å²) in [5.41, 5.74) is 0. The Labute approximate surface area is 172 Å². The maximum absolute atomic E-state index is 9.10. The molecule has 0 atom stereocenters. The van der Waals surface area contributed by atoms with E-state index < -0.39 is 43.6 Å². The van der Waals surface area contributed by atoms with Gasteiger partial charge in [0.1, 0.15) is 0 Å². The van der Waals surface area contributed by atoms with Gasteiger partial charge < -0.3 is 45.3 Å². The monoisotopic (exact) mass is 406 g/mol. The molecule has 0 saturated carbocycles. The number of phosphoric acid groups is 1. The van der Waals surface area contributed by atoms with E-state index in [0.29, 0.717) is 0 Å². The second-order valence-electron chi connectivity index (χ2n) is 2.32. The van der Waals surface area contributed by atoms with Gasteiger partial charge >= 0.3 is 87.2 Å². The molecular formula is C6H8KO16P. The van der Waals surface area contributed by atoms with Crippen molar-refractivity contribution in [2.45, 2.75) is 0 Å². The van der Waals surface area contributed by atoms with Crippen LogP contribution in [0.25, 0.3) is 0 Å². The number of rotatable bonds is 0. The molecule has 0 aliphatic carbocycles. The van der Waals surface area contributed by atoms with Gasteiger partial charge in [-0.3, -0.25) is 4.57 Å². The van der Waals surface area contributed by atoms with Crippen LogP contribution in [0, 0.1) is 0 Å². The van der Waals surface area contributed by atoms with E-state index in [-0.39, 0.29) is 51.4 Å². The van der Waals surface area contributed by atoms with Gasteiger partial charge in [-0.25, -0.2) is 28.8 Å². The van der Waals surface area contributed by atoms with Crippen LogP contribution in [0.2, 0.25) is 0 Å². The Hall–Kier alpha value is -1.43. The van der Waals surface area contributed by atoms with Crippen molar-refractivity contribution in [2.24, 2.45) is 0 Å². The Morgan fingerprint density at radius 3 is 0.583 bits per heavy atom. The first-order valence-corrected chi connectivity index (χ1v) is 5.61. The van der Waals surface area contributed by atoms with Crippen molar-refractivity contribution in [2.75, 3.05) is 0 Å². The summed E-state index contributed by atoms with van der Waals surface area (Å²) >= 11 is 0. The van der Waals surface area contributed by atoms with E-state index in [4.69, 9.17) is 78.7 Å². The molecule has 0 aliphatic rings. The third kappa shape index (κ3) is 70.5. The molecule has 0 aromatic carbocycles. The third-order valence-corrected chi connectivity index (χ3v) is 0.549. The van der Waals surface area contributed by atoms with Gasteiger partial charge in [0.15, 0.2) is 0 Å². The number of hydrogen-bond donors (Lipinski definition) is 8. The summed E-state index contributed by atoms with van der Waals surface area (Å²) in [6.07, 6.45) is 0. The zero-order valence-corrected chi connectivity index (χ0v) is 15.3. The van der Waals surface area contributed by atoms with Crippen LogP contribution in [-0.4, -0.2) is 76.2 Å². The fraction of sp³-hybridized carbons (Fsp3) is 0. The summed E-state index contributed by atoms with van der Waals surface area (Å²) in [5.74, 6) is -10.9. The molecule has 0 aliphatic heterocycles. The minimum absolute atomic E-state index is 0. The van der Waals surface area contributed by atoms with Gasteiger partial charge in [-0.2, -0.15) is 0 Å². The standard InChI is InChI=1S/3C2H2O4.K.H3O4P/c3*3-1(4)2(5)6;;1-5(2,3)4/h3*(H,3,4)(H,5,6);;(H3,1,2,3,4)/q;;;+1;/p-1. The molecule has 0 spiro atoms. The van der Waals surface area contributed by atoms with E-state index in [1.807, 2.05) is 0 Å². The van der Waals surface area contributed by atoms with Gasteiger partial charge in [0.25, 0.3) is 7.82 Å². The first-order valence-electron chi connectivity index (χ1n) is 4.08. The Kier molecular flexibility index (Phi) is 25.4. The van der Waals surface area contributed by atoms with Gasteiger partial charge in [0.2, 0.25) is 0 Å². The van der Waals surface area contributed by atoms with Gasteiger partial charge in [0, 0.05) is 0 Å². The molecule has 0 aromatic heterocycles. The van der Waals surface area contributed by atoms with Crippen LogP contribution < -0.4 is 56.3 Å². The van der Waals surface area contributed by atoms with E-state index >= 15 is 0 Å². The van der Waals surface area contributed by atoms with E-state index in [1.165, 1.54) is 0 Å². The maximum atomic E-state index is 9.10. The van der Waals surface area contributed by atoms with Crippen molar-refractivity contribution in [1.29, 1.82) is 0 Å². The zero-order valence-electron chi connectivity index (χ0n) is 11.3. The number of carbonyl (C=O) groups is 6. The molecule has 16 nitrogen and oxygen atoms in total. The minimum Gasteiger partial charge on any atom is -0.756 e. The molecule has 0 rings (SSSR count). The predicted molar refractivity (Wildman–Crippen MR) is 57.9 cm³/mol. The first kappa shape index (κ1) is 34.0. The number of hydrogen-bond acceptors (Lipinski definition) is 8. The molecule has 24 heavy (non-hydrogen) atoms. The summed E-state index contributed by atoms with van der Waals surface area (Å²) < 4.78 is 8.77. The Bertz CT molecular complexity index is 401. The average Bonchev–Trinajstić information content (AvgIpc) is 2.27. The summed E-state index contributed by atoms with van der Waals surface area (Å²) in [6.45, 7) is 0. The fourth-order valence-electron chi connectivity index (χ4n) is 0. The minimum atomic E-state index is -4.89. The van der Waals surface area contributed by atoms with Gasteiger partial charge in [-0.05, 0) is 0 Å². The van der Waals surface area contributed by atoms with Crippen LogP contribution in [-0.2, 0) is 33.3 Å². The van der Waals surface area contributed by atoms with Gasteiger partial charge in [0.05, 0.1) is 0 Å². The summed E-state index contributed by atoms with van der Waals surface area (Å²) in [5, 5.41) is 44.3. The van der Waals surface area contributed by atoms with Crippen LogP contribution >= 0.6 is 7.82 Å². The first-order chi connectivity index (χ1) is 9.93. The van der Waals surface area contributed by atoms with Crippen LogP contribution in [0.4, 0.5) is 0 Å². The second kappa shape index (κ2) is 17.9. The number of carboxylic acid groups (broad SMARTS) is 6. The summed E-state index contributed by atoms with van der Waals surface area (Å²) in [4.78, 5) is 77.5. The number of aliphatic carboxylic acids is 6. The molecular weight excluding hydrogens is 398 g/mol. The largest absolute Gasteiger partial charge is 1.00 e. The average molecular weight is 406 g/mol. The van der Waals surface area contributed by atoms with Crippen LogP contribution in [0.15, 0.2) is 0 Å². The van der Waals surface area contributed by atoms with Crippen LogP contribution in [0.3, 0.4) is 0 Å². The molecule has 0 radical (unpaired) electrons. The summed E-state index contributed by atoms with van der Waals surface area (Å²) in [7, 11) is -4.89. The van der Waals surface area contributed by atoms with Crippen molar-refractivity contribution in [3.05, 3.63) is 0 Å². The fourth-order valence-corrected chi connectivity index (χ4v) is 0. The smallest absolute Gasteiger partial charge is 0.756 e. The second-order valence-corrected chi connectivity index (χ2v) is 3.30. The third-order valence-electron chi connectivity index (χ3n) is 0.549. The molecule has 0 unspecified atom stereocenters. The van der Waals surface area contributed by atoms with E-state index in [1.54, 1.807) is 0 Å². The van der Waals surface area contributed by atoms with Crippen LogP contribution in [0.5, 0.6) is 0 Å². The van der Waals surface area contributed by atoms with Gasteiger partial charge in [-0.1, -0.05) is 0 Å². The molecule has 18 heteroatoms. The molecule has 0 saturated heterocycles. The Morgan fingerprint density at radius 2 is 0.583 bits per heavy atom. The number of carboxylic acids is 6. The van der Waals surface area contributed by atoms with E-state index in [2.05, 4.69) is 0 Å². The van der Waals surface area contributed by atoms with Gasteiger partial charge in [-0.15, -0.1) is 0 Å². The molecule has 0 fully saturated rings. The quantitative estimate of drug-likeness (QED) is 0.105. The molecule has 0 aromatic rings. The zero-order chi connectivity index (χ0) is 20.0.